The minimum atomic E-state index is 0. The van der Waals surface area contributed by atoms with Gasteiger partial charge in [-0.25, -0.2) is 0 Å². The molecule has 0 aromatic rings. The topological polar surface area (TPSA) is 52.9 Å². The predicted octanol–water partition coefficient (Wildman–Crippen LogP) is 6.05. The summed E-state index contributed by atoms with van der Waals surface area (Å²) in [6.07, 6.45) is 3.79. The Hall–Kier alpha value is -0.234. The van der Waals surface area contributed by atoms with Gasteiger partial charge in [0, 0.05) is 16.8 Å². The average Bonchev–Trinajstić information content (AvgIpc) is 2.27. The van der Waals surface area contributed by atoms with Crippen LogP contribution in [-0.2, 0) is 16.8 Å². The second-order valence-corrected chi connectivity index (χ2v) is 9.99. The molecule has 0 aliphatic rings. The quantitative estimate of drug-likeness (QED) is 0.518. The van der Waals surface area contributed by atoms with Crippen molar-refractivity contribution in [1.29, 1.82) is 0 Å². The Morgan fingerprint density at radius 1 is 0.560 bits per heavy atom. The number of aliphatic imine (C=N–C) groups is 2. The third kappa shape index (κ3) is 35.7. The third-order valence-corrected chi connectivity index (χ3v) is 2.25. The van der Waals surface area contributed by atoms with Crippen molar-refractivity contribution in [3.63, 3.8) is 0 Å². The van der Waals surface area contributed by atoms with Gasteiger partial charge in [0.05, 0.1) is 11.1 Å². The van der Waals surface area contributed by atoms with Crippen molar-refractivity contribution in [1.82, 2.24) is 0 Å². The number of nitrogens with zero attached hydrogens (tertiary/aromatic N) is 4. The SMILES string of the molecule is CC(C)(C)N=CC[N-]C(C)(C)C.CC(C)(C)N=CC[N-]C(C)(C)C.[Co]. The number of hydrogen-bond acceptors (Lipinski definition) is 2. The maximum Gasteiger partial charge on any atom is 0.0519 e. The first-order chi connectivity index (χ1) is 10.4. The van der Waals surface area contributed by atoms with Gasteiger partial charge in [-0.05, 0) is 54.0 Å². The Kier molecular flexibility index (Phi) is 14.4. The summed E-state index contributed by atoms with van der Waals surface area (Å²) in [5, 5.41) is 8.82. The molecule has 1 radical (unpaired) electrons. The largest absolute Gasteiger partial charge is 0.653 e. The van der Waals surface area contributed by atoms with Crippen LogP contribution in [0.1, 0.15) is 83.1 Å². The first-order valence-corrected chi connectivity index (χ1v) is 8.86. The minimum absolute atomic E-state index is 0. The zero-order chi connectivity index (χ0) is 19.7. The van der Waals surface area contributed by atoms with E-state index in [1.54, 1.807) is 0 Å². The third-order valence-electron chi connectivity index (χ3n) is 2.25. The molecule has 0 aromatic heterocycles. The van der Waals surface area contributed by atoms with Gasteiger partial charge < -0.3 is 10.6 Å². The van der Waals surface area contributed by atoms with E-state index >= 15 is 0 Å². The second-order valence-electron chi connectivity index (χ2n) is 9.99. The minimum Gasteiger partial charge on any atom is -0.653 e. The fraction of sp³-hybridized carbons (Fsp3) is 0.900. The molecule has 25 heavy (non-hydrogen) atoms. The molecule has 0 aliphatic carbocycles. The summed E-state index contributed by atoms with van der Waals surface area (Å²) >= 11 is 0. The van der Waals surface area contributed by atoms with E-state index in [0.717, 1.165) is 13.1 Å². The Morgan fingerprint density at radius 3 is 0.960 bits per heavy atom. The Bertz CT molecular complexity index is 336. The van der Waals surface area contributed by atoms with Crippen molar-refractivity contribution in [3.05, 3.63) is 10.6 Å². The molecule has 0 unspecified atom stereocenters. The molecule has 0 rings (SSSR count). The van der Waals surface area contributed by atoms with Gasteiger partial charge in [-0.3, -0.25) is 9.98 Å². The molecule has 0 fully saturated rings. The Morgan fingerprint density at radius 2 is 0.800 bits per heavy atom. The number of rotatable bonds is 4. The standard InChI is InChI=1S/2C10H21N2.Co/c2*1-9(2,3)11-7-8-12-10(4,5)6;/h2*7H,8H2,1-6H3;/q2*-1;. The van der Waals surface area contributed by atoms with Gasteiger partial charge in [-0.15, -0.1) is 24.2 Å². The van der Waals surface area contributed by atoms with Crippen molar-refractivity contribution >= 4 is 12.4 Å². The van der Waals surface area contributed by atoms with E-state index in [1.165, 1.54) is 0 Å². The van der Waals surface area contributed by atoms with Gasteiger partial charge in [0.25, 0.3) is 0 Å². The normalized spacial score (nSPS) is 13.6. The van der Waals surface area contributed by atoms with E-state index in [4.69, 9.17) is 0 Å². The zero-order valence-electron chi connectivity index (χ0n) is 18.7. The Labute approximate surface area is 168 Å². The average molecular weight is 398 g/mol. The summed E-state index contributed by atoms with van der Waals surface area (Å²) in [6.45, 7) is 26.5. The van der Waals surface area contributed by atoms with Crippen molar-refractivity contribution < 1.29 is 16.8 Å². The van der Waals surface area contributed by atoms with Crippen LogP contribution in [0.3, 0.4) is 0 Å². The number of hydrogen-bond donors (Lipinski definition) is 0. The smallest absolute Gasteiger partial charge is 0.0519 e. The van der Waals surface area contributed by atoms with Crippen LogP contribution in [0.25, 0.3) is 10.6 Å². The van der Waals surface area contributed by atoms with E-state index in [1.807, 2.05) is 12.4 Å². The Balaban J connectivity index is -0.000000372. The van der Waals surface area contributed by atoms with Crippen molar-refractivity contribution in [3.8, 4) is 0 Å². The fourth-order valence-corrected chi connectivity index (χ4v) is 1.26. The van der Waals surface area contributed by atoms with Crippen LogP contribution < -0.4 is 0 Å². The predicted molar refractivity (Wildman–Crippen MR) is 112 cm³/mol. The molecule has 0 atom stereocenters. The first kappa shape index (κ1) is 29.5. The molecular formula is C20H42CoN4-2. The summed E-state index contributed by atoms with van der Waals surface area (Å²) in [5.74, 6) is 0. The molecule has 0 saturated heterocycles. The van der Waals surface area contributed by atoms with Crippen LogP contribution >= 0.6 is 0 Å². The summed E-state index contributed by atoms with van der Waals surface area (Å²) in [5.41, 5.74) is 0.189. The van der Waals surface area contributed by atoms with Crippen LogP contribution in [0.5, 0.6) is 0 Å². The summed E-state index contributed by atoms with van der Waals surface area (Å²) in [7, 11) is 0. The van der Waals surface area contributed by atoms with Crippen molar-refractivity contribution in [2.75, 3.05) is 13.1 Å². The molecule has 4 nitrogen and oxygen atoms in total. The van der Waals surface area contributed by atoms with Gasteiger partial charge in [-0.2, -0.15) is 0 Å². The van der Waals surface area contributed by atoms with Gasteiger partial charge in [0.2, 0.25) is 0 Å². The van der Waals surface area contributed by atoms with Crippen molar-refractivity contribution in [2.24, 2.45) is 9.98 Å². The van der Waals surface area contributed by atoms with E-state index in [9.17, 15) is 0 Å². The van der Waals surface area contributed by atoms with E-state index in [-0.39, 0.29) is 38.9 Å². The summed E-state index contributed by atoms with van der Waals surface area (Å²) < 4.78 is 0. The van der Waals surface area contributed by atoms with Gasteiger partial charge in [0.1, 0.15) is 0 Å². The van der Waals surface area contributed by atoms with E-state index in [2.05, 4.69) is 104 Å². The van der Waals surface area contributed by atoms with E-state index < -0.39 is 0 Å². The second kappa shape index (κ2) is 12.2. The summed E-state index contributed by atoms with van der Waals surface area (Å²) in [6, 6.07) is 0. The molecule has 0 amide bonds. The molecule has 5 heteroatoms. The maximum atomic E-state index is 4.41. The molecule has 153 valence electrons. The molecule has 0 heterocycles. The molecule has 0 spiro atoms. The van der Waals surface area contributed by atoms with Crippen LogP contribution in [0.2, 0.25) is 0 Å². The summed E-state index contributed by atoms with van der Waals surface area (Å²) in [4.78, 5) is 8.68. The van der Waals surface area contributed by atoms with Gasteiger partial charge >= 0.3 is 0 Å². The van der Waals surface area contributed by atoms with Crippen molar-refractivity contribution in [2.45, 2.75) is 105 Å². The van der Waals surface area contributed by atoms with Crippen LogP contribution in [-0.4, -0.2) is 47.7 Å². The van der Waals surface area contributed by atoms with Crippen LogP contribution in [0, 0.1) is 0 Å². The maximum absolute atomic E-state index is 4.41. The van der Waals surface area contributed by atoms with Gasteiger partial charge in [0.15, 0.2) is 0 Å². The molecule has 0 aromatic carbocycles. The molecule has 0 bridgehead atoms. The molecule has 0 saturated carbocycles. The fourth-order valence-electron chi connectivity index (χ4n) is 1.26. The zero-order valence-corrected chi connectivity index (χ0v) is 19.7. The van der Waals surface area contributed by atoms with E-state index in [0.29, 0.717) is 0 Å². The molecule has 0 aliphatic heterocycles. The monoisotopic (exact) mass is 397 g/mol. The van der Waals surface area contributed by atoms with Crippen LogP contribution in [0.4, 0.5) is 0 Å². The first-order valence-electron chi connectivity index (χ1n) is 8.86. The molecular weight excluding hydrogens is 355 g/mol. The molecule has 0 N–H and O–H groups in total. The van der Waals surface area contributed by atoms with Crippen LogP contribution in [0.15, 0.2) is 9.98 Å². The van der Waals surface area contributed by atoms with Gasteiger partial charge in [-0.1, -0.05) is 41.5 Å².